The number of nitrogens with zero attached hydrogens (tertiary/aromatic N) is 2. The summed E-state index contributed by atoms with van der Waals surface area (Å²) >= 11 is 1.39. The summed E-state index contributed by atoms with van der Waals surface area (Å²) in [5.74, 6) is -0.875. The van der Waals surface area contributed by atoms with Crippen LogP contribution in [0.1, 0.15) is 57.5 Å². The molecule has 3 aromatic rings. The number of hydrogen-bond acceptors (Lipinski definition) is 8. The normalized spacial score (nSPS) is 19.9. The number of esters is 1. The summed E-state index contributed by atoms with van der Waals surface area (Å²) in [5.41, 5.74) is 2.84. The molecule has 1 N–H and O–H groups in total. The second-order valence-corrected chi connectivity index (χ2v) is 13.5. The van der Waals surface area contributed by atoms with Crippen molar-refractivity contribution in [2.24, 2.45) is 0 Å². The standard InChI is InChI=1S/C30H35N3O6S2/c1-4-38-30(35)27-25-14-15-32(18-22-8-6-5-7-9-22)19-26(25)40-29(27)31-28(34)23-10-12-24(13-11-23)41(36,37)33-16-20(2)39-21(3)17-33/h5-13,20-21H,4,14-19H2,1-3H3,(H,31,34). The van der Waals surface area contributed by atoms with Crippen molar-refractivity contribution in [2.75, 3.05) is 31.6 Å². The van der Waals surface area contributed by atoms with E-state index < -0.39 is 21.9 Å². The molecule has 3 heterocycles. The van der Waals surface area contributed by atoms with E-state index in [9.17, 15) is 18.0 Å². The zero-order valence-corrected chi connectivity index (χ0v) is 25.1. The van der Waals surface area contributed by atoms with Gasteiger partial charge in [-0.2, -0.15) is 4.31 Å². The minimum Gasteiger partial charge on any atom is -0.462 e. The number of fused-ring (bicyclic) bond motifs is 1. The Balaban J connectivity index is 1.34. The Morgan fingerprint density at radius 3 is 2.39 bits per heavy atom. The van der Waals surface area contributed by atoms with Crippen LogP contribution in [0.3, 0.4) is 0 Å². The SMILES string of the molecule is CCOC(=O)c1c(NC(=O)c2ccc(S(=O)(=O)N3CC(C)OC(C)C3)cc2)sc2c1CCN(Cc1ccccc1)C2. The van der Waals surface area contributed by atoms with Gasteiger partial charge >= 0.3 is 5.97 Å². The molecule has 41 heavy (non-hydrogen) atoms. The first-order valence-corrected chi connectivity index (χ1v) is 16.1. The van der Waals surface area contributed by atoms with E-state index in [0.29, 0.717) is 29.1 Å². The number of carbonyl (C=O) groups excluding carboxylic acids is 2. The molecule has 0 radical (unpaired) electrons. The number of thiophene rings is 1. The number of hydrogen-bond donors (Lipinski definition) is 1. The molecule has 2 aromatic carbocycles. The van der Waals surface area contributed by atoms with Crippen molar-refractivity contribution in [3.63, 3.8) is 0 Å². The molecule has 2 aliphatic heterocycles. The fourth-order valence-corrected chi connectivity index (χ4v) is 8.23. The lowest BCUT2D eigenvalue weighted by Crippen LogP contribution is -2.48. The van der Waals surface area contributed by atoms with Crippen LogP contribution in [0.2, 0.25) is 0 Å². The zero-order chi connectivity index (χ0) is 29.1. The average Bonchev–Trinajstić information content (AvgIpc) is 3.30. The van der Waals surface area contributed by atoms with Gasteiger partial charge in [-0.15, -0.1) is 11.3 Å². The summed E-state index contributed by atoms with van der Waals surface area (Å²) in [5, 5.41) is 3.36. The fourth-order valence-electron chi connectivity index (χ4n) is 5.37. The predicted octanol–water partition coefficient (Wildman–Crippen LogP) is 4.53. The number of ether oxygens (including phenoxy) is 2. The third-order valence-electron chi connectivity index (χ3n) is 7.23. The largest absolute Gasteiger partial charge is 0.462 e. The summed E-state index contributed by atoms with van der Waals surface area (Å²) in [6, 6.07) is 16.1. The minimum atomic E-state index is -3.73. The molecule has 0 spiro atoms. The molecule has 218 valence electrons. The van der Waals surface area contributed by atoms with Crippen LogP contribution in [0.4, 0.5) is 5.00 Å². The number of benzene rings is 2. The predicted molar refractivity (Wildman–Crippen MR) is 158 cm³/mol. The summed E-state index contributed by atoms with van der Waals surface area (Å²) in [4.78, 5) is 29.7. The number of carbonyl (C=O) groups is 2. The van der Waals surface area contributed by atoms with Crippen LogP contribution in [-0.4, -0.2) is 67.9 Å². The van der Waals surface area contributed by atoms with Gasteiger partial charge in [0.2, 0.25) is 10.0 Å². The third-order valence-corrected chi connectivity index (χ3v) is 10.2. The number of sulfonamides is 1. The highest BCUT2D eigenvalue weighted by atomic mass is 32.2. The zero-order valence-electron chi connectivity index (χ0n) is 23.5. The molecular weight excluding hydrogens is 562 g/mol. The van der Waals surface area contributed by atoms with Gasteiger partial charge in [-0.1, -0.05) is 30.3 Å². The Morgan fingerprint density at radius 2 is 1.73 bits per heavy atom. The van der Waals surface area contributed by atoms with Crippen LogP contribution in [0.25, 0.3) is 0 Å². The molecule has 1 fully saturated rings. The van der Waals surface area contributed by atoms with Crippen molar-refractivity contribution in [3.05, 3.63) is 81.7 Å². The fraction of sp³-hybridized carbons (Fsp3) is 0.400. The Hall–Kier alpha value is -3.09. The van der Waals surface area contributed by atoms with Gasteiger partial charge in [0.25, 0.3) is 5.91 Å². The van der Waals surface area contributed by atoms with Crippen molar-refractivity contribution >= 4 is 38.2 Å². The van der Waals surface area contributed by atoms with Gasteiger partial charge < -0.3 is 14.8 Å². The lowest BCUT2D eigenvalue weighted by Gasteiger charge is -2.34. The van der Waals surface area contributed by atoms with Gasteiger partial charge in [0.1, 0.15) is 5.00 Å². The van der Waals surface area contributed by atoms with Crippen molar-refractivity contribution in [1.29, 1.82) is 0 Å². The van der Waals surface area contributed by atoms with Gasteiger partial charge in [-0.3, -0.25) is 9.69 Å². The molecule has 5 rings (SSSR count). The molecule has 0 aliphatic carbocycles. The van der Waals surface area contributed by atoms with E-state index in [1.807, 2.05) is 32.0 Å². The molecule has 2 unspecified atom stereocenters. The molecule has 2 atom stereocenters. The van der Waals surface area contributed by atoms with Crippen molar-refractivity contribution in [2.45, 2.75) is 57.4 Å². The number of anilines is 1. The van der Waals surface area contributed by atoms with Gasteiger partial charge in [0.15, 0.2) is 0 Å². The van der Waals surface area contributed by atoms with E-state index in [-0.39, 0.29) is 36.8 Å². The molecule has 1 saturated heterocycles. The van der Waals surface area contributed by atoms with Gasteiger partial charge in [-0.25, -0.2) is 13.2 Å². The summed E-state index contributed by atoms with van der Waals surface area (Å²) in [6.07, 6.45) is 0.275. The lowest BCUT2D eigenvalue weighted by atomic mass is 10.0. The summed E-state index contributed by atoms with van der Waals surface area (Å²) in [6.45, 7) is 8.48. The molecule has 1 amide bonds. The maximum absolute atomic E-state index is 13.3. The molecule has 9 nitrogen and oxygen atoms in total. The van der Waals surface area contributed by atoms with Crippen molar-refractivity contribution < 1.29 is 27.5 Å². The van der Waals surface area contributed by atoms with Crippen LogP contribution >= 0.6 is 11.3 Å². The lowest BCUT2D eigenvalue weighted by molar-refractivity contribution is -0.0440. The number of amides is 1. The average molecular weight is 598 g/mol. The highest BCUT2D eigenvalue weighted by Crippen LogP contribution is 2.38. The smallest absolute Gasteiger partial charge is 0.341 e. The maximum Gasteiger partial charge on any atom is 0.341 e. The van der Waals surface area contributed by atoms with E-state index in [1.54, 1.807) is 6.92 Å². The maximum atomic E-state index is 13.3. The Kier molecular flexibility index (Phi) is 8.91. The first kappa shape index (κ1) is 29.4. The van der Waals surface area contributed by atoms with Gasteiger partial charge in [0.05, 0.1) is 29.3 Å². The second-order valence-electron chi connectivity index (χ2n) is 10.4. The van der Waals surface area contributed by atoms with E-state index in [1.165, 1.54) is 45.5 Å². The Bertz CT molecular complexity index is 1490. The Morgan fingerprint density at radius 1 is 1.05 bits per heavy atom. The van der Waals surface area contributed by atoms with Crippen LogP contribution in [0, 0.1) is 0 Å². The molecular formula is C30H35N3O6S2. The van der Waals surface area contributed by atoms with E-state index in [0.717, 1.165) is 23.5 Å². The summed E-state index contributed by atoms with van der Waals surface area (Å²) < 4.78 is 38.8. The molecule has 2 aliphatic rings. The topological polar surface area (TPSA) is 105 Å². The second kappa shape index (κ2) is 12.4. The highest BCUT2D eigenvalue weighted by molar-refractivity contribution is 7.89. The number of nitrogens with one attached hydrogen (secondary N) is 1. The Labute approximate surface area is 245 Å². The van der Waals surface area contributed by atoms with E-state index in [2.05, 4.69) is 22.3 Å². The van der Waals surface area contributed by atoms with Crippen LogP contribution < -0.4 is 5.32 Å². The number of rotatable bonds is 8. The molecule has 0 saturated carbocycles. The quantitative estimate of drug-likeness (QED) is 0.381. The molecule has 1 aromatic heterocycles. The van der Waals surface area contributed by atoms with Gasteiger partial charge in [0, 0.05) is 43.2 Å². The van der Waals surface area contributed by atoms with Crippen LogP contribution in [0.5, 0.6) is 0 Å². The minimum absolute atomic E-state index is 0.118. The van der Waals surface area contributed by atoms with E-state index in [4.69, 9.17) is 9.47 Å². The highest BCUT2D eigenvalue weighted by Gasteiger charge is 2.33. The van der Waals surface area contributed by atoms with Crippen LogP contribution in [0.15, 0.2) is 59.5 Å². The summed E-state index contributed by atoms with van der Waals surface area (Å²) in [7, 11) is -3.73. The molecule has 0 bridgehead atoms. The first-order valence-electron chi connectivity index (χ1n) is 13.8. The van der Waals surface area contributed by atoms with Crippen LogP contribution in [-0.2, 0) is 39.0 Å². The van der Waals surface area contributed by atoms with Crippen molar-refractivity contribution in [3.8, 4) is 0 Å². The number of morpholine rings is 1. The van der Waals surface area contributed by atoms with Crippen molar-refractivity contribution in [1.82, 2.24) is 9.21 Å². The first-order chi connectivity index (χ1) is 19.7. The monoisotopic (exact) mass is 597 g/mol. The van der Waals surface area contributed by atoms with E-state index >= 15 is 0 Å². The third kappa shape index (κ3) is 6.54. The van der Waals surface area contributed by atoms with Gasteiger partial charge in [-0.05, 0) is 62.6 Å². The molecule has 11 heteroatoms.